The number of rotatable bonds is 11. The molecule has 1 saturated heterocycles. The normalized spacial score (nSPS) is 14.5. The van der Waals surface area contributed by atoms with Gasteiger partial charge < -0.3 is 9.64 Å². The molecule has 4 nitrogen and oxygen atoms in total. The second-order valence-corrected chi connectivity index (χ2v) is 10.7. The van der Waals surface area contributed by atoms with Crippen LogP contribution in [0.4, 0.5) is 5.69 Å². The van der Waals surface area contributed by atoms with E-state index < -0.39 is 0 Å². The van der Waals surface area contributed by atoms with Gasteiger partial charge in [-0.3, -0.25) is 9.80 Å². The molecule has 0 N–H and O–H groups in total. The molecule has 0 aromatic heterocycles. The van der Waals surface area contributed by atoms with Gasteiger partial charge in [0.05, 0.1) is 0 Å². The lowest BCUT2D eigenvalue weighted by Crippen LogP contribution is -2.44. The van der Waals surface area contributed by atoms with E-state index in [-0.39, 0.29) is 0 Å². The molecule has 4 rings (SSSR count). The standard InChI is InChI=1S/C33H43N3O/c1-27(2)18-23-36(25-29-12-16-33(17-13-29)37-26-30-8-6-5-7-9-30)32-19-21-35(22-20-32)24-28-10-14-31(15-11-28)34(3)4/h5-18,32H,19-26H2,1-4H3. The Kier molecular flexibility index (Phi) is 9.81. The third kappa shape index (κ3) is 8.48. The van der Waals surface area contributed by atoms with E-state index in [9.17, 15) is 0 Å². The van der Waals surface area contributed by atoms with Crippen molar-refractivity contribution in [1.29, 1.82) is 0 Å². The van der Waals surface area contributed by atoms with E-state index in [4.69, 9.17) is 4.74 Å². The third-order valence-corrected chi connectivity index (χ3v) is 7.22. The SMILES string of the molecule is CC(C)=CCN(Cc1ccc(OCc2ccccc2)cc1)C1CCN(Cc2ccc(N(C)C)cc2)CC1. The first kappa shape index (κ1) is 27.0. The summed E-state index contributed by atoms with van der Waals surface area (Å²) >= 11 is 0. The van der Waals surface area contributed by atoms with Crippen molar-refractivity contribution >= 4 is 5.69 Å². The van der Waals surface area contributed by atoms with E-state index in [0.717, 1.165) is 38.5 Å². The number of benzene rings is 3. The summed E-state index contributed by atoms with van der Waals surface area (Å²) in [4.78, 5) is 7.43. The fourth-order valence-electron chi connectivity index (χ4n) is 4.91. The Morgan fingerprint density at radius 2 is 1.49 bits per heavy atom. The van der Waals surface area contributed by atoms with Crippen LogP contribution in [0.25, 0.3) is 0 Å². The Balaban J connectivity index is 1.31. The lowest BCUT2D eigenvalue weighted by Gasteiger charge is -2.38. The van der Waals surface area contributed by atoms with E-state index in [1.807, 2.05) is 6.07 Å². The molecule has 1 heterocycles. The minimum absolute atomic E-state index is 0.602. The molecule has 0 bridgehead atoms. The maximum absolute atomic E-state index is 6.00. The van der Waals surface area contributed by atoms with Crippen LogP contribution in [0.5, 0.6) is 5.75 Å². The maximum Gasteiger partial charge on any atom is 0.119 e. The summed E-state index contributed by atoms with van der Waals surface area (Å²) in [5.41, 5.74) is 6.58. The molecule has 0 unspecified atom stereocenters. The zero-order valence-corrected chi connectivity index (χ0v) is 23.1. The fraction of sp³-hybridized carbons (Fsp3) is 0.394. The van der Waals surface area contributed by atoms with E-state index in [1.165, 1.54) is 40.8 Å². The first-order valence-electron chi connectivity index (χ1n) is 13.6. The zero-order chi connectivity index (χ0) is 26.0. The number of hydrogen-bond donors (Lipinski definition) is 0. The Morgan fingerprint density at radius 1 is 0.838 bits per heavy atom. The van der Waals surface area contributed by atoms with E-state index in [0.29, 0.717) is 12.6 Å². The summed E-state index contributed by atoms with van der Waals surface area (Å²) in [6.45, 7) is 10.3. The van der Waals surface area contributed by atoms with Crippen molar-refractivity contribution in [1.82, 2.24) is 9.80 Å². The maximum atomic E-state index is 6.00. The number of ether oxygens (including phenoxy) is 1. The Labute approximate surface area is 224 Å². The van der Waals surface area contributed by atoms with Crippen LogP contribution in [0.3, 0.4) is 0 Å². The highest BCUT2D eigenvalue weighted by molar-refractivity contribution is 5.46. The van der Waals surface area contributed by atoms with E-state index >= 15 is 0 Å². The van der Waals surface area contributed by atoms with Gasteiger partial charge >= 0.3 is 0 Å². The van der Waals surface area contributed by atoms with Crippen LogP contribution in [0.15, 0.2) is 90.5 Å². The van der Waals surface area contributed by atoms with Gasteiger partial charge in [0, 0.05) is 45.5 Å². The van der Waals surface area contributed by atoms with E-state index in [2.05, 4.69) is 122 Å². The van der Waals surface area contributed by atoms with Crippen LogP contribution in [-0.2, 0) is 19.7 Å². The van der Waals surface area contributed by atoms with Gasteiger partial charge in [-0.2, -0.15) is 0 Å². The Bertz CT molecular complexity index is 1090. The van der Waals surface area contributed by atoms with Crippen molar-refractivity contribution in [2.24, 2.45) is 0 Å². The summed E-state index contributed by atoms with van der Waals surface area (Å²) in [6.07, 6.45) is 4.80. The van der Waals surface area contributed by atoms with Crippen molar-refractivity contribution in [2.75, 3.05) is 38.6 Å². The average molecular weight is 498 g/mol. The van der Waals surface area contributed by atoms with Gasteiger partial charge in [0.1, 0.15) is 12.4 Å². The van der Waals surface area contributed by atoms with Gasteiger partial charge in [-0.1, -0.05) is 66.2 Å². The second-order valence-electron chi connectivity index (χ2n) is 10.7. The van der Waals surface area contributed by atoms with Crippen molar-refractivity contribution in [3.63, 3.8) is 0 Å². The molecule has 3 aromatic rings. The van der Waals surface area contributed by atoms with Gasteiger partial charge in [0.2, 0.25) is 0 Å². The smallest absolute Gasteiger partial charge is 0.119 e. The highest BCUT2D eigenvalue weighted by atomic mass is 16.5. The molecule has 37 heavy (non-hydrogen) atoms. The predicted molar refractivity (Wildman–Crippen MR) is 156 cm³/mol. The lowest BCUT2D eigenvalue weighted by molar-refractivity contribution is 0.108. The molecule has 0 saturated carbocycles. The topological polar surface area (TPSA) is 19.0 Å². The monoisotopic (exact) mass is 497 g/mol. The molecule has 1 aliphatic heterocycles. The molecule has 0 amide bonds. The van der Waals surface area contributed by atoms with Crippen molar-refractivity contribution in [3.05, 3.63) is 107 Å². The van der Waals surface area contributed by atoms with Crippen molar-refractivity contribution < 1.29 is 4.74 Å². The van der Waals surface area contributed by atoms with Crippen molar-refractivity contribution in [3.8, 4) is 5.75 Å². The first-order valence-corrected chi connectivity index (χ1v) is 13.6. The minimum atomic E-state index is 0.602. The molecule has 0 spiro atoms. The fourth-order valence-corrected chi connectivity index (χ4v) is 4.91. The number of piperidine rings is 1. The first-order chi connectivity index (χ1) is 18.0. The minimum Gasteiger partial charge on any atom is -0.489 e. The quantitative estimate of drug-likeness (QED) is 0.272. The number of allylic oxidation sites excluding steroid dienone is 1. The number of anilines is 1. The van der Waals surface area contributed by atoms with Crippen LogP contribution < -0.4 is 9.64 Å². The molecule has 0 aliphatic carbocycles. The van der Waals surface area contributed by atoms with Gasteiger partial charge in [-0.05, 0) is 80.7 Å². The molecule has 4 heteroatoms. The average Bonchev–Trinajstić information content (AvgIpc) is 2.92. The number of nitrogens with zero attached hydrogens (tertiary/aromatic N) is 3. The molecular formula is C33H43N3O. The molecule has 1 aliphatic rings. The number of hydrogen-bond acceptors (Lipinski definition) is 4. The summed E-state index contributed by atoms with van der Waals surface area (Å²) < 4.78 is 6.00. The van der Waals surface area contributed by atoms with Gasteiger partial charge in [-0.15, -0.1) is 0 Å². The third-order valence-electron chi connectivity index (χ3n) is 7.22. The molecule has 196 valence electrons. The Hall–Kier alpha value is -3.08. The molecule has 0 radical (unpaired) electrons. The van der Waals surface area contributed by atoms with Gasteiger partial charge in [-0.25, -0.2) is 0 Å². The van der Waals surface area contributed by atoms with Gasteiger partial charge in [0.15, 0.2) is 0 Å². The van der Waals surface area contributed by atoms with Crippen LogP contribution in [0.2, 0.25) is 0 Å². The van der Waals surface area contributed by atoms with E-state index in [1.54, 1.807) is 0 Å². The summed E-state index contributed by atoms with van der Waals surface area (Å²) in [5.74, 6) is 0.926. The zero-order valence-electron chi connectivity index (χ0n) is 23.1. The highest BCUT2D eigenvalue weighted by Crippen LogP contribution is 2.23. The van der Waals surface area contributed by atoms with Crippen LogP contribution in [0.1, 0.15) is 43.4 Å². The molecular weight excluding hydrogens is 454 g/mol. The largest absolute Gasteiger partial charge is 0.489 e. The predicted octanol–water partition coefficient (Wildman–Crippen LogP) is 6.76. The molecule has 0 atom stereocenters. The van der Waals surface area contributed by atoms with Crippen molar-refractivity contribution in [2.45, 2.75) is 52.4 Å². The molecule has 3 aromatic carbocycles. The summed E-state index contributed by atoms with van der Waals surface area (Å²) in [5, 5.41) is 0. The lowest BCUT2D eigenvalue weighted by atomic mass is 10.0. The highest BCUT2D eigenvalue weighted by Gasteiger charge is 2.24. The molecule has 1 fully saturated rings. The van der Waals surface area contributed by atoms with Crippen LogP contribution in [-0.4, -0.2) is 49.6 Å². The summed E-state index contributed by atoms with van der Waals surface area (Å²) in [6, 6.07) is 28.6. The Morgan fingerprint density at radius 3 is 2.11 bits per heavy atom. The second kappa shape index (κ2) is 13.5. The van der Waals surface area contributed by atoms with Crippen LogP contribution in [0, 0.1) is 0 Å². The summed E-state index contributed by atoms with van der Waals surface area (Å²) in [7, 11) is 4.18. The van der Waals surface area contributed by atoms with Gasteiger partial charge in [0.25, 0.3) is 0 Å². The van der Waals surface area contributed by atoms with Crippen LogP contribution >= 0.6 is 0 Å². The number of likely N-dealkylation sites (tertiary alicyclic amines) is 1.